The third kappa shape index (κ3) is 2.76. The van der Waals surface area contributed by atoms with Gasteiger partial charge >= 0.3 is 0 Å². The number of nitrogens with zero attached hydrogens (tertiary/aromatic N) is 2. The first kappa shape index (κ1) is 12.8. The second-order valence-corrected chi connectivity index (χ2v) is 5.08. The van der Waals surface area contributed by atoms with Gasteiger partial charge in [0.25, 0.3) is 0 Å². The first-order chi connectivity index (χ1) is 8.74. The minimum atomic E-state index is 0.569. The third-order valence-corrected chi connectivity index (χ3v) is 3.95. The molecule has 0 aromatic heterocycles. The van der Waals surface area contributed by atoms with E-state index in [-0.39, 0.29) is 0 Å². The monoisotopic (exact) mass is 243 g/mol. The van der Waals surface area contributed by atoms with Crippen LogP contribution in [0.5, 0.6) is 0 Å². The average molecular weight is 243 g/mol. The van der Waals surface area contributed by atoms with Gasteiger partial charge in [-0.25, -0.2) is 0 Å². The van der Waals surface area contributed by atoms with Gasteiger partial charge in [0, 0.05) is 18.8 Å². The highest BCUT2D eigenvalue weighted by molar-refractivity contribution is 5.63. The fourth-order valence-electron chi connectivity index (χ4n) is 2.68. The van der Waals surface area contributed by atoms with Crippen LogP contribution >= 0.6 is 0 Å². The van der Waals surface area contributed by atoms with Crippen molar-refractivity contribution in [1.29, 1.82) is 5.26 Å². The van der Waals surface area contributed by atoms with Crippen LogP contribution in [0.4, 0.5) is 11.4 Å². The van der Waals surface area contributed by atoms with Crippen LogP contribution in [0.25, 0.3) is 0 Å². The van der Waals surface area contributed by atoms with Crippen molar-refractivity contribution in [2.75, 3.05) is 23.7 Å². The third-order valence-electron chi connectivity index (χ3n) is 3.95. The molecule has 2 rings (SSSR count). The standard InChI is InChI=1S/C15H21N3/c1-2-12-4-3-8-18(9-7-12)14-6-5-13(11-16)15(17)10-14/h5-6,10,12H,2-4,7-9,17H2,1H3. The molecule has 1 aromatic carbocycles. The van der Waals surface area contributed by atoms with Crippen molar-refractivity contribution in [3.8, 4) is 6.07 Å². The molecule has 0 radical (unpaired) electrons. The first-order valence-corrected chi connectivity index (χ1v) is 6.79. The first-order valence-electron chi connectivity index (χ1n) is 6.79. The molecule has 2 N–H and O–H groups in total. The number of nitrogens with two attached hydrogens (primary N) is 1. The Labute approximate surface area is 109 Å². The van der Waals surface area contributed by atoms with E-state index in [0.717, 1.165) is 24.7 Å². The number of hydrogen-bond acceptors (Lipinski definition) is 3. The molecule has 18 heavy (non-hydrogen) atoms. The molecule has 1 aromatic rings. The van der Waals surface area contributed by atoms with Crippen LogP contribution in [0.2, 0.25) is 0 Å². The Hall–Kier alpha value is -1.69. The van der Waals surface area contributed by atoms with Crippen molar-refractivity contribution in [3.05, 3.63) is 23.8 Å². The second-order valence-electron chi connectivity index (χ2n) is 5.08. The van der Waals surface area contributed by atoms with Crippen LogP contribution in [-0.4, -0.2) is 13.1 Å². The van der Waals surface area contributed by atoms with Crippen LogP contribution in [0.3, 0.4) is 0 Å². The molecule has 0 spiro atoms. The van der Waals surface area contributed by atoms with Crippen molar-refractivity contribution >= 4 is 11.4 Å². The van der Waals surface area contributed by atoms with E-state index in [1.54, 1.807) is 0 Å². The highest BCUT2D eigenvalue weighted by atomic mass is 15.1. The zero-order valence-corrected chi connectivity index (χ0v) is 11.0. The molecule has 1 aliphatic heterocycles. The van der Waals surface area contributed by atoms with Gasteiger partial charge < -0.3 is 10.6 Å². The number of rotatable bonds is 2. The van der Waals surface area contributed by atoms with E-state index >= 15 is 0 Å². The lowest BCUT2D eigenvalue weighted by Crippen LogP contribution is -2.24. The number of hydrogen-bond donors (Lipinski definition) is 1. The Morgan fingerprint density at radius 3 is 2.89 bits per heavy atom. The van der Waals surface area contributed by atoms with Gasteiger partial charge in [-0.15, -0.1) is 0 Å². The fraction of sp³-hybridized carbons (Fsp3) is 0.533. The molecule has 0 amide bonds. The van der Waals surface area contributed by atoms with Crippen LogP contribution < -0.4 is 10.6 Å². The molecule has 1 saturated heterocycles. The quantitative estimate of drug-likeness (QED) is 0.812. The summed E-state index contributed by atoms with van der Waals surface area (Å²) in [6.45, 7) is 4.48. The topological polar surface area (TPSA) is 53.0 Å². The molecule has 1 fully saturated rings. The van der Waals surface area contributed by atoms with E-state index < -0.39 is 0 Å². The summed E-state index contributed by atoms with van der Waals surface area (Å²) in [6, 6.07) is 7.89. The number of nitrogen functional groups attached to an aromatic ring is 1. The van der Waals surface area contributed by atoms with E-state index in [0.29, 0.717) is 11.3 Å². The zero-order chi connectivity index (χ0) is 13.0. The lowest BCUT2D eigenvalue weighted by atomic mass is 9.98. The maximum Gasteiger partial charge on any atom is 0.101 e. The zero-order valence-electron chi connectivity index (χ0n) is 11.0. The highest BCUT2D eigenvalue weighted by Gasteiger charge is 2.16. The number of nitriles is 1. The number of benzene rings is 1. The molecule has 3 heteroatoms. The van der Waals surface area contributed by atoms with Crippen LogP contribution in [0.1, 0.15) is 38.2 Å². The Bertz CT molecular complexity index is 448. The molecular weight excluding hydrogens is 222 g/mol. The molecule has 0 aliphatic carbocycles. The van der Waals surface area contributed by atoms with Crippen molar-refractivity contribution in [1.82, 2.24) is 0 Å². The summed E-state index contributed by atoms with van der Waals surface area (Å²) in [5, 5.41) is 8.89. The molecule has 1 heterocycles. The summed E-state index contributed by atoms with van der Waals surface area (Å²) in [6.07, 6.45) is 5.12. The maximum absolute atomic E-state index is 8.89. The van der Waals surface area contributed by atoms with Crippen LogP contribution in [0, 0.1) is 17.2 Å². The molecule has 96 valence electrons. The Kier molecular flexibility index (Phi) is 4.09. The van der Waals surface area contributed by atoms with Crippen molar-refractivity contribution < 1.29 is 0 Å². The fourth-order valence-corrected chi connectivity index (χ4v) is 2.68. The van der Waals surface area contributed by atoms with Gasteiger partial charge in [0.2, 0.25) is 0 Å². The Morgan fingerprint density at radius 2 is 2.22 bits per heavy atom. The molecular formula is C15H21N3. The molecule has 1 unspecified atom stereocenters. The second kappa shape index (κ2) is 5.77. The molecule has 1 aliphatic rings. The largest absolute Gasteiger partial charge is 0.398 e. The van der Waals surface area contributed by atoms with Crippen molar-refractivity contribution in [2.45, 2.75) is 32.6 Å². The molecule has 0 bridgehead atoms. The minimum absolute atomic E-state index is 0.569. The van der Waals surface area contributed by atoms with E-state index in [2.05, 4.69) is 17.9 Å². The van der Waals surface area contributed by atoms with Crippen molar-refractivity contribution in [3.63, 3.8) is 0 Å². The van der Waals surface area contributed by atoms with E-state index in [9.17, 15) is 0 Å². The lowest BCUT2D eigenvalue weighted by Gasteiger charge is -2.23. The molecule has 1 atom stereocenters. The van der Waals surface area contributed by atoms with Crippen LogP contribution in [0.15, 0.2) is 18.2 Å². The van der Waals surface area contributed by atoms with Gasteiger partial charge in [0.05, 0.1) is 11.3 Å². The molecule has 0 saturated carbocycles. The lowest BCUT2D eigenvalue weighted by molar-refractivity contribution is 0.459. The van der Waals surface area contributed by atoms with Gasteiger partial charge in [-0.1, -0.05) is 13.3 Å². The van der Waals surface area contributed by atoms with Crippen LogP contribution in [-0.2, 0) is 0 Å². The Balaban J connectivity index is 2.12. The average Bonchev–Trinajstić information content (AvgIpc) is 2.63. The SMILES string of the molecule is CCC1CCCN(c2ccc(C#N)c(N)c2)CC1. The maximum atomic E-state index is 8.89. The minimum Gasteiger partial charge on any atom is -0.398 e. The van der Waals surface area contributed by atoms with E-state index in [4.69, 9.17) is 11.0 Å². The highest BCUT2D eigenvalue weighted by Crippen LogP contribution is 2.26. The van der Waals surface area contributed by atoms with E-state index in [1.807, 2.05) is 18.2 Å². The van der Waals surface area contributed by atoms with Gasteiger partial charge in [0.1, 0.15) is 6.07 Å². The summed E-state index contributed by atoms with van der Waals surface area (Å²) in [5.74, 6) is 0.866. The van der Waals surface area contributed by atoms with Gasteiger partial charge in [0.15, 0.2) is 0 Å². The summed E-state index contributed by atoms with van der Waals surface area (Å²) in [5.41, 5.74) is 8.20. The van der Waals surface area contributed by atoms with Gasteiger partial charge in [-0.05, 0) is 43.4 Å². The smallest absolute Gasteiger partial charge is 0.101 e. The van der Waals surface area contributed by atoms with Crippen molar-refractivity contribution in [2.24, 2.45) is 5.92 Å². The predicted molar refractivity (Wildman–Crippen MR) is 75.4 cm³/mol. The normalized spacial score (nSPS) is 20.2. The Morgan fingerprint density at radius 1 is 1.39 bits per heavy atom. The van der Waals surface area contributed by atoms with E-state index in [1.165, 1.54) is 25.7 Å². The van der Waals surface area contributed by atoms with Gasteiger partial charge in [-0.3, -0.25) is 0 Å². The summed E-state index contributed by atoms with van der Waals surface area (Å²) < 4.78 is 0. The molecule has 3 nitrogen and oxygen atoms in total. The summed E-state index contributed by atoms with van der Waals surface area (Å²) >= 11 is 0. The van der Waals surface area contributed by atoms with Gasteiger partial charge in [-0.2, -0.15) is 5.26 Å². The summed E-state index contributed by atoms with van der Waals surface area (Å²) in [7, 11) is 0. The number of anilines is 2. The predicted octanol–water partition coefficient (Wildman–Crippen LogP) is 3.16. The summed E-state index contributed by atoms with van der Waals surface area (Å²) in [4.78, 5) is 2.40.